The van der Waals surface area contributed by atoms with Crippen LogP contribution in [0.5, 0.6) is 0 Å². The molecule has 0 amide bonds. The van der Waals surface area contributed by atoms with E-state index in [2.05, 4.69) is 25.6 Å². The maximum Gasteiger partial charge on any atom is 0.229 e. The fraction of sp³-hybridized carbons (Fsp3) is 0.0500. The summed E-state index contributed by atoms with van der Waals surface area (Å²) in [7, 11) is 0. The molecule has 27 heavy (non-hydrogen) atoms. The summed E-state index contributed by atoms with van der Waals surface area (Å²) in [5.41, 5.74) is 1.90. The number of anilines is 4. The van der Waals surface area contributed by atoms with Gasteiger partial charge in [-0.15, -0.1) is 0 Å². The molecule has 0 unspecified atom stereocenters. The molecule has 0 spiro atoms. The molecule has 4 rings (SSSR count). The van der Waals surface area contributed by atoms with E-state index >= 15 is 0 Å². The number of rotatable bonds is 4. The van der Waals surface area contributed by atoms with Crippen LogP contribution in [0.3, 0.4) is 0 Å². The van der Waals surface area contributed by atoms with Crippen molar-refractivity contribution in [3.05, 3.63) is 78.1 Å². The third-order valence-electron chi connectivity index (χ3n) is 3.95. The maximum atomic E-state index is 13.9. The van der Waals surface area contributed by atoms with Gasteiger partial charge in [-0.3, -0.25) is 4.98 Å². The lowest BCUT2D eigenvalue weighted by Gasteiger charge is -2.12. The number of benzene rings is 2. The molecule has 2 aromatic carbocycles. The predicted molar refractivity (Wildman–Crippen MR) is 101 cm³/mol. The van der Waals surface area contributed by atoms with Crippen LogP contribution < -0.4 is 10.6 Å². The van der Waals surface area contributed by atoms with Crippen LogP contribution in [0.1, 0.15) is 5.69 Å². The number of nitrogens with zero attached hydrogens (tertiary/aromatic N) is 3. The number of pyridine rings is 1. The van der Waals surface area contributed by atoms with Crippen LogP contribution >= 0.6 is 0 Å². The van der Waals surface area contributed by atoms with Crippen LogP contribution in [-0.4, -0.2) is 15.0 Å². The van der Waals surface area contributed by atoms with Gasteiger partial charge in [-0.1, -0.05) is 24.3 Å². The molecule has 2 aromatic heterocycles. The summed E-state index contributed by atoms with van der Waals surface area (Å²) < 4.78 is 27.8. The molecule has 2 heterocycles. The molecule has 0 saturated heterocycles. The molecule has 7 heteroatoms. The van der Waals surface area contributed by atoms with E-state index in [1.54, 1.807) is 19.2 Å². The first-order chi connectivity index (χ1) is 13.1. The molecule has 0 bridgehead atoms. The van der Waals surface area contributed by atoms with Crippen LogP contribution in [0.15, 0.2) is 60.8 Å². The number of hydrogen-bond acceptors (Lipinski definition) is 5. The topological polar surface area (TPSA) is 62.7 Å². The lowest BCUT2D eigenvalue weighted by Crippen LogP contribution is -2.04. The normalized spacial score (nSPS) is 10.8. The second kappa shape index (κ2) is 6.95. The van der Waals surface area contributed by atoms with E-state index in [1.165, 1.54) is 18.2 Å². The summed E-state index contributed by atoms with van der Waals surface area (Å²) in [5, 5.41) is 6.79. The van der Waals surface area contributed by atoms with Crippen molar-refractivity contribution in [3.8, 4) is 0 Å². The fourth-order valence-corrected chi connectivity index (χ4v) is 2.76. The van der Waals surface area contributed by atoms with E-state index in [-0.39, 0.29) is 11.5 Å². The number of halogens is 2. The molecule has 0 aliphatic carbocycles. The number of fused-ring (bicyclic) bond motifs is 1. The zero-order valence-corrected chi connectivity index (χ0v) is 14.4. The summed E-state index contributed by atoms with van der Waals surface area (Å²) in [5.74, 6) is -0.812. The Morgan fingerprint density at radius 3 is 2.41 bits per heavy atom. The first-order valence-electron chi connectivity index (χ1n) is 8.27. The van der Waals surface area contributed by atoms with Crippen molar-refractivity contribution in [3.63, 3.8) is 0 Å². The number of nitrogens with one attached hydrogen (secondary N) is 2. The van der Waals surface area contributed by atoms with Gasteiger partial charge in [0.2, 0.25) is 5.95 Å². The van der Waals surface area contributed by atoms with Gasteiger partial charge in [-0.2, -0.15) is 4.98 Å². The first kappa shape index (κ1) is 16.8. The minimum absolute atomic E-state index is 0.256. The van der Waals surface area contributed by atoms with Crippen LogP contribution in [-0.2, 0) is 0 Å². The zero-order chi connectivity index (χ0) is 18.8. The van der Waals surface area contributed by atoms with Crippen LogP contribution in [0.25, 0.3) is 10.9 Å². The highest BCUT2D eigenvalue weighted by atomic mass is 19.1. The van der Waals surface area contributed by atoms with Gasteiger partial charge in [0.1, 0.15) is 23.1 Å². The van der Waals surface area contributed by atoms with Gasteiger partial charge in [0.15, 0.2) is 0 Å². The van der Waals surface area contributed by atoms with Crippen molar-refractivity contribution < 1.29 is 8.78 Å². The lowest BCUT2D eigenvalue weighted by molar-refractivity contribution is 0.590. The quantitative estimate of drug-likeness (QED) is 0.528. The van der Waals surface area contributed by atoms with Gasteiger partial charge in [0.05, 0.1) is 11.2 Å². The number of para-hydroxylation sites is 2. The van der Waals surface area contributed by atoms with Gasteiger partial charge in [0, 0.05) is 23.3 Å². The summed E-state index contributed by atoms with van der Waals surface area (Å²) in [6, 6.07) is 14.8. The van der Waals surface area contributed by atoms with Crippen molar-refractivity contribution >= 4 is 34.0 Å². The smallest absolute Gasteiger partial charge is 0.229 e. The molecule has 0 saturated carbocycles. The van der Waals surface area contributed by atoms with E-state index < -0.39 is 11.6 Å². The summed E-state index contributed by atoms with van der Waals surface area (Å²) in [6.45, 7) is 1.77. The number of aryl methyl sites for hydroxylation is 1. The van der Waals surface area contributed by atoms with Crippen molar-refractivity contribution in [1.29, 1.82) is 0 Å². The molecule has 0 aliphatic rings. The second-order valence-corrected chi connectivity index (χ2v) is 5.95. The van der Waals surface area contributed by atoms with E-state index in [0.717, 1.165) is 16.6 Å². The molecule has 4 aromatic rings. The summed E-state index contributed by atoms with van der Waals surface area (Å²) in [6.07, 6.45) is 1.71. The number of aromatic nitrogens is 3. The highest BCUT2D eigenvalue weighted by Crippen LogP contribution is 2.26. The molecule has 2 N–H and O–H groups in total. The third-order valence-corrected chi connectivity index (χ3v) is 3.95. The molecule has 0 aliphatic heterocycles. The van der Waals surface area contributed by atoms with Crippen molar-refractivity contribution in [2.75, 3.05) is 10.6 Å². The minimum Gasteiger partial charge on any atom is -0.335 e. The van der Waals surface area contributed by atoms with Crippen molar-refractivity contribution in [2.45, 2.75) is 6.92 Å². The molecule has 134 valence electrons. The Hall–Kier alpha value is -3.61. The molecular formula is C20H15F2N5. The average molecular weight is 363 g/mol. The Labute approximate surface area is 154 Å². The maximum absolute atomic E-state index is 13.9. The van der Waals surface area contributed by atoms with E-state index in [1.807, 2.05) is 30.3 Å². The van der Waals surface area contributed by atoms with Gasteiger partial charge in [0.25, 0.3) is 0 Å². The monoisotopic (exact) mass is 363 g/mol. The van der Waals surface area contributed by atoms with Gasteiger partial charge < -0.3 is 10.6 Å². The average Bonchev–Trinajstić information content (AvgIpc) is 2.65. The molecular weight excluding hydrogens is 348 g/mol. The molecule has 0 atom stereocenters. The lowest BCUT2D eigenvalue weighted by atomic mass is 10.2. The third kappa shape index (κ3) is 3.52. The standard InChI is InChI=1S/C20H15F2N5/c1-12-11-17(26-19-14(21)7-3-8-15(19)22)27-20(24-12)25-16-9-2-5-13-6-4-10-23-18(13)16/h2-11H,1H3,(H2,24,25,26,27). The molecule has 5 nitrogen and oxygen atoms in total. The van der Waals surface area contributed by atoms with E-state index in [9.17, 15) is 8.78 Å². The SMILES string of the molecule is Cc1cc(Nc2c(F)cccc2F)nc(Nc2cccc3cccnc23)n1. The van der Waals surface area contributed by atoms with Crippen molar-refractivity contribution in [2.24, 2.45) is 0 Å². The largest absolute Gasteiger partial charge is 0.335 e. The number of hydrogen-bond donors (Lipinski definition) is 2. The summed E-state index contributed by atoms with van der Waals surface area (Å²) >= 11 is 0. The summed E-state index contributed by atoms with van der Waals surface area (Å²) in [4.78, 5) is 13.0. The fourth-order valence-electron chi connectivity index (χ4n) is 2.76. The highest BCUT2D eigenvalue weighted by Gasteiger charge is 2.11. The Bertz CT molecular complexity index is 1100. The van der Waals surface area contributed by atoms with Crippen molar-refractivity contribution in [1.82, 2.24) is 15.0 Å². The zero-order valence-electron chi connectivity index (χ0n) is 14.4. The van der Waals surface area contributed by atoms with E-state index in [0.29, 0.717) is 11.6 Å². The van der Waals surface area contributed by atoms with E-state index in [4.69, 9.17) is 0 Å². The minimum atomic E-state index is -0.695. The molecule has 0 radical (unpaired) electrons. The van der Waals surface area contributed by atoms with Gasteiger partial charge in [-0.05, 0) is 31.2 Å². The predicted octanol–water partition coefficient (Wildman–Crippen LogP) is 5.10. The second-order valence-electron chi connectivity index (χ2n) is 5.95. The van der Waals surface area contributed by atoms with Gasteiger partial charge in [-0.25, -0.2) is 13.8 Å². The van der Waals surface area contributed by atoms with Crippen LogP contribution in [0.2, 0.25) is 0 Å². The van der Waals surface area contributed by atoms with Crippen LogP contribution in [0, 0.1) is 18.6 Å². The first-order valence-corrected chi connectivity index (χ1v) is 8.27. The Balaban J connectivity index is 1.68. The Morgan fingerprint density at radius 2 is 1.59 bits per heavy atom. The molecule has 0 fully saturated rings. The Morgan fingerprint density at radius 1 is 0.852 bits per heavy atom. The highest BCUT2D eigenvalue weighted by molar-refractivity contribution is 5.91. The van der Waals surface area contributed by atoms with Crippen LogP contribution in [0.4, 0.5) is 31.9 Å². The van der Waals surface area contributed by atoms with Gasteiger partial charge >= 0.3 is 0 Å². The Kier molecular flexibility index (Phi) is 4.33.